The molecule has 0 saturated heterocycles. The lowest BCUT2D eigenvalue weighted by Gasteiger charge is -2.20. The number of rotatable bonds is 41. The number of carbonyl (C=O) groups is 2. The van der Waals surface area contributed by atoms with Crippen molar-refractivity contribution in [3.63, 3.8) is 0 Å². The molecular formula is C44H81O10P. The number of allylic oxidation sites excluding steroid dienone is 6. The van der Waals surface area contributed by atoms with Gasteiger partial charge in [-0.1, -0.05) is 153 Å². The first kappa shape index (κ1) is 53.2. The number of phosphoric ester groups is 1. The summed E-state index contributed by atoms with van der Waals surface area (Å²) in [5, 5.41) is 18.3. The van der Waals surface area contributed by atoms with Crippen LogP contribution in [-0.4, -0.2) is 65.7 Å². The van der Waals surface area contributed by atoms with Gasteiger partial charge in [-0.3, -0.25) is 18.6 Å². The van der Waals surface area contributed by atoms with E-state index in [9.17, 15) is 24.2 Å². The summed E-state index contributed by atoms with van der Waals surface area (Å²) in [6.07, 6.45) is 41.0. The van der Waals surface area contributed by atoms with Crippen LogP contribution in [0, 0.1) is 0 Å². The molecule has 0 aromatic rings. The fraction of sp³-hybridized carbons (Fsp3) is 0.818. The van der Waals surface area contributed by atoms with Gasteiger partial charge in [-0.15, -0.1) is 0 Å². The molecule has 0 aromatic carbocycles. The van der Waals surface area contributed by atoms with Gasteiger partial charge < -0.3 is 24.6 Å². The molecule has 1 unspecified atom stereocenters. The normalized spacial score (nSPS) is 14.2. The van der Waals surface area contributed by atoms with Crippen LogP contribution in [0.1, 0.15) is 194 Å². The van der Waals surface area contributed by atoms with Gasteiger partial charge in [0.15, 0.2) is 6.10 Å². The van der Waals surface area contributed by atoms with Gasteiger partial charge in [0.1, 0.15) is 12.7 Å². The number of ether oxygens (including phenoxy) is 2. The van der Waals surface area contributed by atoms with Crippen molar-refractivity contribution in [2.45, 2.75) is 206 Å². The number of carbonyl (C=O) groups excluding carboxylic acids is 2. The molecular weight excluding hydrogens is 719 g/mol. The number of phosphoric acid groups is 1. The van der Waals surface area contributed by atoms with E-state index in [1.807, 2.05) is 0 Å². The minimum atomic E-state index is -4.62. The van der Waals surface area contributed by atoms with Crippen LogP contribution in [-0.2, 0) is 32.7 Å². The molecule has 0 aromatic heterocycles. The van der Waals surface area contributed by atoms with E-state index in [0.717, 1.165) is 64.2 Å². The molecule has 0 bridgehead atoms. The van der Waals surface area contributed by atoms with Gasteiger partial charge in [-0.25, -0.2) is 4.57 Å². The molecule has 0 heterocycles. The molecule has 11 heteroatoms. The molecule has 0 radical (unpaired) electrons. The Morgan fingerprint density at radius 1 is 0.545 bits per heavy atom. The van der Waals surface area contributed by atoms with E-state index in [-0.39, 0.29) is 19.4 Å². The molecule has 0 rings (SSSR count). The number of esters is 2. The Morgan fingerprint density at radius 2 is 0.945 bits per heavy atom. The lowest BCUT2D eigenvalue weighted by molar-refractivity contribution is -0.161. The minimum Gasteiger partial charge on any atom is -0.462 e. The zero-order chi connectivity index (χ0) is 40.5. The van der Waals surface area contributed by atoms with E-state index in [1.54, 1.807) is 0 Å². The Kier molecular flexibility index (Phi) is 39.1. The summed E-state index contributed by atoms with van der Waals surface area (Å²) in [4.78, 5) is 35.0. The number of unbranched alkanes of at least 4 members (excludes halogenated alkanes) is 22. The summed E-state index contributed by atoms with van der Waals surface area (Å²) >= 11 is 0. The summed E-state index contributed by atoms with van der Waals surface area (Å²) in [5.41, 5.74) is 0. The Hall–Kier alpha value is -1.81. The van der Waals surface area contributed by atoms with Gasteiger partial charge in [0.2, 0.25) is 0 Å². The highest BCUT2D eigenvalue weighted by Gasteiger charge is 2.27. The molecule has 55 heavy (non-hydrogen) atoms. The predicted molar refractivity (Wildman–Crippen MR) is 224 cm³/mol. The summed E-state index contributed by atoms with van der Waals surface area (Å²) in [7, 11) is -4.62. The van der Waals surface area contributed by atoms with Crippen molar-refractivity contribution in [2.24, 2.45) is 0 Å². The second-order valence-corrected chi connectivity index (χ2v) is 16.2. The average molecular weight is 801 g/mol. The molecule has 0 aliphatic rings. The van der Waals surface area contributed by atoms with Crippen molar-refractivity contribution in [3.05, 3.63) is 36.5 Å². The summed E-state index contributed by atoms with van der Waals surface area (Å²) in [6, 6.07) is 0. The molecule has 0 aliphatic heterocycles. The van der Waals surface area contributed by atoms with E-state index >= 15 is 0 Å². The first-order valence-corrected chi connectivity index (χ1v) is 23.5. The average Bonchev–Trinajstić information content (AvgIpc) is 3.17. The number of aliphatic hydroxyl groups is 2. The molecule has 0 aliphatic carbocycles. The highest BCUT2D eigenvalue weighted by atomic mass is 31.2. The van der Waals surface area contributed by atoms with Crippen LogP contribution < -0.4 is 0 Å². The molecule has 3 atom stereocenters. The third-order valence-electron chi connectivity index (χ3n) is 9.29. The van der Waals surface area contributed by atoms with Gasteiger partial charge in [0.05, 0.1) is 19.8 Å². The fourth-order valence-electron chi connectivity index (χ4n) is 5.86. The molecule has 3 N–H and O–H groups in total. The van der Waals surface area contributed by atoms with Crippen molar-refractivity contribution in [2.75, 3.05) is 26.4 Å². The zero-order valence-corrected chi connectivity index (χ0v) is 35.8. The zero-order valence-electron chi connectivity index (χ0n) is 34.9. The third-order valence-corrected chi connectivity index (χ3v) is 10.2. The van der Waals surface area contributed by atoms with E-state index in [4.69, 9.17) is 19.1 Å². The van der Waals surface area contributed by atoms with Gasteiger partial charge in [-0.05, 0) is 64.2 Å². The van der Waals surface area contributed by atoms with Crippen molar-refractivity contribution >= 4 is 19.8 Å². The quantitative estimate of drug-likeness (QED) is 0.0179. The number of hydrogen-bond donors (Lipinski definition) is 3. The monoisotopic (exact) mass is 801 g/mol. The van der Waals surface area contributed by atoms with Crippen LogP contribution >= 0.6 is 7.82 Å². The van der Waals surface area contributed by atoms with Crippen LogP contribution in [0.25, 0.3) is 0 Å². The maximum absolute atomic E-state index is 12.6. The minimum absolute atomic E-state index is 0.166. The van der Waals surface area contributed by atoms with Crippen molar-refractivity contribution in [1.82, 2.24) is 0 Å². The first-order chi connectivity index (χ1) is 26.7. The molecule has 322 valence electrons. The Morgan fingerprint density at radius 3 is 1.44 bits per heavy atom. The lowest BCUT2D eigenvalue weighted by Crippen LogP contribution is -2.29. The smallest absolute Gasteiger partial charge is 0.462 e. The van der Waals surface area contributed by atoms with Crippen molar-refractivity contribution in [1.29, 1.82) is 0 Å². The van der Waals surface area contributed by atoms with Crippen molar-refractivity contribution < 1.29 is 47.8 Å². The molecule has 10 nitrogen and oxygen atoms in total. The largest absolute Gasteiger partial charge is 0.472 e. The van der Waals surface area contributed by atoms with Crippen LogP contribution in [0.2, 0.25) is 0 Å². The Bertz CT molecular complexity index is 1010. The van der Waals surface area contributed by atoms with Crippen LogP contribution in [0.3, 0.4) is 0 Å². The van der Waals surface area contributed by atoms with E-state index in [1.165, 1.54) is 89.9 Å². The van der Waals surface area contributed by atoms with E-state index < -0.39 is 51.8 Å². The molecule has 0 fully saturated rings. The maximum atomic E-state index is 12.6. The number of hydrogen-bond acceptors (Lipinski definition) is 9. The van der Waals surface area contributed by atoms with E-state index in [2.05, 4.69) is 54.8 Å². The van der Waals surface area contributed by atoms with Crippen molar-refractivity contribution in [3.8, 4) is 0 Å². The Labute approximate surface area is 335 Å². The summed E-state index contributed by atoms with van der Waals surface area (Å²) in [5.74, 6) is -0.945. The van der Waals surface area contributed by atoms with Gasteiger partial charge in [0.25, 0.3) is 0 Å². The molecule has 0 spiro atoms. The summed E-state index contributed by atoms with van der Waals surface area (Å²) < 4.78 is 32.7. The van der Waals surface area contributed by atoms with Gasteiger partial charge in [-0.2, -0.15) is 0 Å². The standard InChI is InChI=1S/C44H81O10P/c1-3-5-7-9-11-13-15-17-19-20-22-23-25-27-29-31-33-35-43(47)51-39-42(40-53-55(49,50)52-38-41(46)37-45)54-44(48)36-34-32-30-28-26-24-21-18-16-14-12-10-8-6-4-2/h14,16-19,21,41-42,45-46H,3-13,15,20,22-40H2,1-2H3,(H,49,50)/b16-14+,19-17+,21-18+/t41-,42+/m0/s1. The summed E-state index contributed by atoms with van der Waals surface area (Å²) in [6.45, 7) is 2.34. The maximum Gasteiger partial charge on any atom is 0.472 e. The van der Waals surface area contributed by atoms with Crippen LogP contribution in [0.5, 0.6) is 0 Å². The number of aliphatic hydroxyl groups excluding tert-OH is 2. The van der Waals surface area contributed by atoms with E-state index in [0.29, 0.717) is 12.8 Å². The third kappa shape index (κ3) is 40.2. The topological polar surface area (TPSA) is 149 Å². The first-order valence-electron chi connectivity index (χ1n) is 22.0. The van der Waals surface area contributed by atoms with Gasteiger partial charge in [0, 0.05) is 12.8 Å². The highest BCUT2D eigenvalue weighted by molar-refractivity contribution is 7.47. The fourth-order valence-corrected chi connectivity index (χ4v) is 6.65. The van der Waals surface area contributed by atoms with Crippen LogP contribution in [0.15, 0.2) is 36.5 Å². The Balaban J connectivity index is 4.31. The SMILES string of the molecule is CCCCCC/C=C/C=C/CCCCCCCC(=O)O[C@H](COC(=O)CCCCCCCCC/C=C/CCCCCCCC)COP(=O)(O)OC[C@@H](O)CO. The second-order valence-electron chi connectivity index (χ2n) is 14.7. The lowest BCUT2D eigenvalue weighted by atomic mass is 10.1. The van der Waals surface area contributed by atoms with Gasteiger partial charge >= 0.3 is 19.8 Å². The molecule has 0 saturated carbocycles. The second kappa shape index (κ2) is 40.4. The predicted octanol–water partition coefficient (Wildman–Crippen LogP) is 11.6. The van der Waals surface area contributed by atoms with Crippen LogP contribution in [0.4, 0.5) is 0 Å². The molecule has 0 amide bonds. The highest BCUT2D eigenvalue weighted by Crippen LogP contribution is 2.43.